The Balaban J connectivity index is 0.00000341. The standard InChI is InChI=1S/C22H26FN5O2.HI/c1-15-11-17(5-8-19(15)23)13-27-22(24-2)26-12-16-3-6-18(7-4-16)21(30)28-10-9-25-20(29)14-28;/h3-8,11H,9-10,12-14H2,1-2H3,(H,25,29)(H2,24,26,27);1H. The number of aryl methyl sites for hydroxylation is 1. The maximum atomic E-state index is 13.4. The molecule has 3 N–H and O–H groups in total. The van der Waals surface area contributed by atoms with Gasteiger partial charge in [0, 0.05) is 38.8 Å². The molecule has 1 fully saturated rings. The van der Waals surface area contributed by atoms with Crippen LogP contribution in [0.1, 0.15) is 27.0 Å². The summed E-state index contributed by atoms with van der Waals surface area (Å²) in [6.45, 7) is 3.89. The van der Waals surface area contributed by atoms with Gasteiger partial charge < -0.3 is 20.9 Å². The summed E-state index contributed by atoms with van der Waals surface area (Å²) < 4.78 is 13.4. The molecule has 0 saturated carbocycles. The van der Waals surface area contributed by atoms with Crippen LogP contribution in [0.15, 0.2) is 47.5 Å². The topological polar surface area (TPSA) is 85.8 Å². The van der Waals surface area contributed by atoms with Crippen molar-refractivity contribution < 1.29 is 14.0 Å². The van der Waals surface area contributed by atoms with E-state index in [-0.39, 0.29) is 48.2 Å². The molecule has 3 rings (SSSR count). The van der Waals surface area contributed by atoms with E-state index in [0.717, 1.165) is 11.1 Å². The molecule has 166 valence electrons. The van der Waals surface area contributed by atoms with Crippen LogP contribution in [-0.2, 0) is 17.9 Å². The van der Waals surface area contributed by atoms with E-state index in [4.69, 9.17) is 0 Å². The zero-order valence-electron chi connectivity index (χ0n) is 17.6. The van der Waals surface area contributed by atoms with Crippen LogP contribution in [0.3, 0.4) is 0 Å². The predicted octanol–water partition coefficient (Wildman–Crippen LogP) is 2.19. The molecule has 1 saturated heterocycles. The highest BCUT2D eigenvalue weighted by molar-refractivity contribution is 14.0. The van der Waals surface area contributed by atoms with E-state index in [9.17, 15) is 14.0 Å². The molecule has 2 aromatic rings. The Morgan fingerprint density at radius 3 is 2.39 bits per heavy atom. The zero-order valence-corrected chi connectivity index (χ0v) is 19.9. The maximum Gasteiger partial charge on any atom is 0.254 e. The number of aliphatic imine (C=N–C) groups is 1. The van der Waals surface area contributed by atoms with Crippen molar-refractivity contribution in [3.8, 4) is 0 Å². The van der Waals surface area contributed by atoms with Crippen molar-refractivity contribution in [1.82, 2.24) is 20.9 Å². The lowest BCUT2D eigenvalue weighted by Gasteiger charge is -2.26. The number of hydrogen-bond acceptors (Lipinski definition) is 3. The number of piperazine rings is 1. The van der Waals surface area contributed by atoms with Crippen LogP contribution >= 0.6 is 24.0 Å². The van der Waals surface area contributed by atoms with Gasteiger partial charge in [-0.2, -0.15) is 0 Å². The van der Waals surface area contributed by atoms with Crippen molar-refractivity contribution >= 4 is 41.8 Å². The molecule has 9 heteroatoms. The van der Waals surface area contributed by atoms with Crippen molar-refractivity contribution in [2.24, 2.45) is 4.99 Å². The minimum Gasteiger partial charge on any atom is -0.353 e. The Kier molecular flexibility index (Phi) is 9.22. The smallest absolute Gasteiger partial charge is 0.254 e. The Morgan fingerprint density at radius 2 is 1.77 bits per heavy atom. The first kappa shape index (κ1) is 24.6. The number of benzene rings is 2. The fourth-order valence-corrected chi connectivity index (χ4v) is 3.17. The number of carbonyl (C=O) groups excluding carboxylic acids is 2. The summed E-state index contributed by atoms with van der Waals surface area (Å²) in [5.41, 5.74) is 3.12. The monoisotopic (exact) mass is 539 g/mol. The van der Waals surface area contributed by atoms with Crippen LogP contribution < -0.4 is 16.0 Å². The van der Waals surface area contributed by atoms with E-state index >= 15 is 0 Å². The van der Waals surface area contributed by atoms with E-state index in [0.29, 0.717) is 43.3 Å². The summed E-state index contributed by atoms with van der Waals surface area (Å²) in [5, 5.41) is 9.12. The summed E-state index contributed by atoms with van der Waals surface area (Å²) in [6, 6.07) is 12.3. The first-order chi connectivity index (χ1) is 14.5. The Bertz CT molecular complexity index is 949. The van der Waals surface area contributed by atoms with Crippen molar-refractivity contribution in [1.29, 1.82) is 0 Å². The summed E-state index contributed by atoms with van der Waals surface area (Å²) in [5.74, 6) is 0.129. The lowest BCUT2D eigenvalue weighted by atomic mass is 10.1. The largest absolute Gasteiger partial charge is 0.353 e. The number of nitrogens with one attached hydrogen (secondary N) is 3. The molecule has 0 aromatic heterocycles. The number of nitrogens with zero attached hydrogens (tertiary/aromatic N) is 2. The number of hydrogen-bond donors (Lipinski definition) is 3. The van der Waals surface area contributed by atoms with Crippen LogP contribution in [0.2, 0.25) is 0 Å². The zero-order chi connectivity index (χ0) is 21.5. The van der Waals surface area contributed by atoms with Gasteiger partial charge in [-0.15, -0.1) is 24.0 Å². The second-order valence-corrected chi connectivity index (χ2v) is 7.14. The van der Waals surface area contributed by atoms with Gasteiger partial charge in [-0.25, -0.2) is 4.39 Å². The summed E-state index contributed by atoms with van der Waals surface area (Å²) in [4.78, 5) is 29.7. The SMILES string of the molecule is CN=C(NCc1ccc(C(=O)N2CCNC(=O)C2)cc1)NCc1ccc(F)c(C)c1.I. The van der Waals surface area contributed by atoms with E-state index in [2.05, 4.69) is 20.9 Å². The van der Waals surface area contributed by atoms with Gasteiger partial charge in [-0.1, -0.05) is 24.3 Å². The lowest BCUT2D eigenvalue weighted by Crippen LogP contribution is -2.49. The molecule has 0 spiro atoms. The maximum absolute atomic E-state index is 13.4. The molecule has 1 heterocycles. The summed E-state index contributed by atoms with van der Waals surface area (Å²) >= 11 is 0. The van der Waals surface area contributed by atoms with Crippen LogP contribution in [0, 0.1) is 12.7 Å². The second-order valence-electron chi connectivity index (χ2n) is 7.14. The highest BCUT2D eigenvalue weighted by Gasteiger charge is 2.22. The van der Waals surface area contributed by atoms with Gasteiger partial charge in [0.2, 0.25) is 5.91 Å². The van der Waals surface area contributed by atoms with Gasteiger partial charge in [-0.3, -0.25) is 14.6 Å². The Hall–Kier alpha value is -2.69. The van der Waals surface area contributed by atoms with E-state index in [1.165, 1.54) is 6.07 Å². The number of guanidine groups is 1. The van der Waals surface area contributed by atoms with Crippen molar-refractivity contribution in [2.45, 2.75) is 20.0 Å². The number of carbonyl (C=O) groups is 2. The highest BCUT2D eigenvalue weighted by Crippen LogP contribution is 2.10. The average molecular weight is 539 g/mol. The molecular weight excluding hydrogens is 512 g/mol. The Labute approximate surface area is 198 Å². The number of amides is 2. The van der Waals surface area contributed by atoms with Crippen LogP contribution in [0.5, 0.6) is 0 Å². The first-order valence-corrected chi connectivity index (χ1v) is 9.80. The fraction of sp³-hybridized carbons (Fsp3) is 0.318. The van der Waals surface area contributed by atoms with Crippen molar-refractivity contribution in [3.05, 3.63) is 70.5 Å². The van der Waals surface area contributed by atoms with Gasteiger partial charge in [-0.05, 0) is 41.8 Å². The van der Waals surface area contributed by atoms with Gasteiger partial charge in [0.25, 0.3) is 5.91 Å². The fourth-order valence-electron chi connectivity index (χ4n) is 3.17. The molecule has 0 atom stereocenters. The van der Waals surface area contributed by atoms with Gasteiger partial charge in [0.15, 0.2) is 5.96 Å². The third-order valence-electron chi connectivity index (χ3n) is 4.89. The molecule has 31 heavy (non-hydrogen) atoms. The molecule has 0 bridgehead atoms. The molecule has 0 unspecified atom stereocenters. The van der Waals surface area contributed by atoms with Crippen LogP contribution in [0.25, 0.3) is 0 Å². The minimum absolute atomic E-state index is 0. The highest BCUT2D eigenvalue weighted by atomic mass is 127. The van der Waals surface area contributed by atoms with Gasteiger partial charge >= 0.3 is 0 Å². The third-order valence-corrected chi connectivity index (χ3v) is 4.89. The van der Waals surface area contributed by atoms with E-state index in [1.807, 2.05) is 12.1 Å². The molecule has 7 nitrogen and oxygen atoms in total. The molecule has 0 aliphatic carbocycles. The predicted molar refractivity (Wildman–Crippen MR) is 129 cm³/mol. The first-order valence-electron chi connectivity index (χ1n) is 9.80. The average Bonchev–Trinajstić information content (AvgIpc) is 2.76. The molecule has 1 aliphatic rings. The van der Waals surface area contributed by atoms with E-state index < -0.39 is 0 Å². The molecule has 1 aliphatic heterocycles. The summed E-state index contributed by atoms with van der Waals surface area (Å²) in [7, 11) is 1.68. The quantitative estimate of drug-likeness (QED) is 0.309. The van der Waals surface area contributed by atoms with Crippen molar-refractivity contribution in [3.63, 3.8) is 0 Å². The van der Waals surface area contributed by atoms with Crippen LogP contribution in [-0.4, -0.2) is 49.4 Å². The van der Waals surface area contributed by atoms with Gasteiger partial charge in [0.1, 0.15) is 5.82 Å². The molecular formula is C22H27FIN5O2. The van der Waals surface area contributed by atoms with E-state index in [1.54, 1.807) is 43.1 Å². The normalized spacial score (nSPS) is 13.8. The molecule has 2 amide bonds. The van der Waals surface area contributed by atoms with Crippen molar-refractivity contribution in [2.75, 3.05) is 26.7 Å². The number of rotatable bonds is 5. The number of halogens is 2. The summed E-state index contributed by atoms with van der Waals surface area (Å²) in [6.07, 6.45) is 0. The minimum atomic E-state index is -0.216. The molecule has 2 aromatic carbocycles. The molecule has 0 radical (unpaired) electrons. The van der Waals surface area contributed by atoms with Gasteiger partial charge in [0.05, 0.1) is 6.54 Å². The Morgan fingerprint density at radius 1 is 1.13 bits per heavy atom. The van der Waals surface area contributed by atoms with Crippen LogP contribution in [0.4, 0.5) is 4.39 Å². The lowest BCUT2D eigenvalue weighted by molar-refractivity contribution is -0.123. The third kappa shape index (κ3) is 6.91. The second kappa shape index (κ2) is 11.6.